The second kappa shape index (κ2) is 5.20. The molecule has 2 N–H and O–H groups in total. The number of carbonyl (C=O) groups is 1. The van der Waals surface area contributed by atoms with Gasteiger partial charge in [-0.3, -0.25) is 4.79 Å². The van der Waals surface area contributed by atoms with Crippen LogP contribution in [0.1, 0.15) is 16.1 Å². The van der Waals surface area contributed by atoms with E-state index < -0.39 is 17.6 Å². The van der Waals surface area contributed by atoms with E-state index in [0.29, 0.717) is 0 Å². The molecule has 0 bridgehead atoms. The van der Waals surface area contributed by atoms with Crippen LogP contribution in [0.3, 0.4) is 0 Å². The Balaban J connectivity index is 2.34. The summed E-state index contributed by atoms with van der Waals surface area (Å²) >= 11 is 0. The van der Waals surface area contributed by atoms with E-state index in [1.807, 2.05) is 0 Å². The van der Waals surface area contributed by atoms with Crippen LogP contribution >= 0.6 is 0 Å². The lowest BCUT2D eigenvalue weighted by Gasteiger charge is -2.11. The van der Waals surface area contributed by atoms with E-state index in [1.165, 1.54) is 30.5 Å². The molecule has 0 radical (unpaired) electrons. The summed E-state index contributed by atoms with van der Waals surface area (Å²) in [7, 11) is 0. The van der Waals surface area contributed by atoms with Crippen molar-refractivity contribution in [3.63, 3.8) is 0 Å². The highest BCUT2D eigenvalue weighted by molar-refractivity contribution is 5.93. The Hall–Kier alpha value is -2.57. The number of rotatable bonds is 3. The molecule has 0 aliphatic carbocycles. The lowest BCUT2D eigenvalue weighted by Crippen LogP contribution is -2.14. The van der Waals surface area contributed by atoms with Gasteiger partial charge in [0.05, 0.1) is 5.56 Å². The molecule has 0 saturated carbocycles. The lowest BCUT2D eigenvalue weighted by molar-refractivity contribution is -0.137. The van der Waals surface area contributed by atoms with Gasteiger partial charge >= 0.3 is 6.18 Å². The van der Waals surface area contributed by atoms with Crippen LogP contribution in [0, 0.1) is 0 Å². The molecule has 1 aromatic heterocycles. The highest BCUT2D eigenvalue weighted by Gasteiger charge is 2.30. The monoisotopic (exact) mass is 282 g/mol. The zero-order valence-electron chi connectivity index (χ0n) is 10.0. The van der Waals surface area contributed by atoms with E-state index in [-0.39, 0.29) is 17.2 Å². The first-order valence-electron chi connectivity index (χ1n) is 5.48. The fraction of sp³-hybridized carbons (Fsp3) is 0.0769. The van der Waals surface area contributed by atoms with Crippen LogP contribution in [0.2, 0.25) is 0 Å². The minimum atomic E-state index is -4.47. The predicted molar refractivity (Wildman–Crippen MR) is 64.3 cm³/mol. The molecule has 2 aromatic rings. The zero-order valence-corrected chi connectivity index (χ0v) is 10.0. The van der Waals surface area contributed by atoms with Crippen molar-refractivity contribution >= 4 is 5.91 Å². The molecule has 2 rings (SSSR count). The number of nitrogens with zero attached hydrogens (tertiary/aromatic N) is 1. The summed E-state index contributed by atoms with van der Waals surface area (Å²) in [6.45, 7) is 0. The number of amides is 1. The van der Waals surface area contributed by atoms with Gasteiger partial charge in [0.15, 0.2) is 11.4 Å². The third-order valence-electron chi connectivity index (χ3n) is 2.39. The summed E-state index contributed by atoms with van der Waals surface area (Å²) in [5.74, 6) is -0.887. The first-order chi connectivity index (χ1) is 9.38. The number of pyridine rings is 1. The molecule has 1 heterocycles. The average molecular weight is 282 g/mol. The Morgan fingerprint density at radius 3 is 2.60 bits per heavy atom. The SMILES string of the molecule is NC(=O)c1ncccc1Oc1cccc(C(F)(F)F)c1. The molecule has 0 aliphatic rings. The first-order valence-corrected chi connectivity index (χ1v) is 5.48. The number of nitrogens with two attached hydrogens (primary N) is 1. The fourth-order valence-electron chi connectivity index (χ4n) is 1.52. The molecule has 0 unspecified atom stereocenters. The minimum Gasteiger partial charge on any atom is -0.455 e. The van der Waals surface area contributed by atoms with Gasteiger partial charge in [-0.25, -0.2) is 4.98 Å². The number of aromatic nitrogens is 1. The van der Waals surface area contributed by atoms with Crippen LogP contribution in [-0.2, 0) is 6.18 Å². The molecule has 0 saturated heterocycles. The maximum atomic E-state index is 12.6. The van der Waals surface area contributed by atoms with Crippen molar-refractivity contribution in [2.45, 2.75) is 6.18 Å². The third kappa shape index (κ3) is 3.05. The Labute approximate surface area is 112 Å². The van der Waals surface area contributed by atoms with Gasteiger partial charge in [-0.05, 0) is 30.3 Å². The van der Waals surface area contributed by atoms with Crippen molar-refractivity contribution in [2.24, 2.45) is 5.73 Å². The highest BCUT2D eigenvalue weighted by Crippen LogP contribution is 2.33. The number of hydrogen-bond acceptors (Lipinski definition) is 3. The van der Waals surface area contributed by atoms with E-state index >= 15 is 0 Å². The number of ether oxygens (including phenoxy) is 1. The number of primary amides is 1. The maximum absolute atomic E-state index is 12.6. The number of benzene rings is 1. The van der Waals surface area contributed by atoms with Gasteiger partial charge in [0.25, 0.3) is 5.91 Å². The van der Waals surface area contributed by atoms with Crippen molar-refractivity contribution in [1.29, 1.82) is 0 Å². The molecule has 1 aromatic carbocycles. The Bertz CT molecular complexity index is 642. The van der Waals surface area contributed by atoms with Crippen LogP contribution < -0.4 is 10.5 Å². The summed E-state index contributed by atoms with van der Waals surface area (Å²) in [5.41, 5.74) is 4.11. The summed E-state index contributed by atoms with van der Waals surface area (Å²) in [4.78, 5) is 14.9. The van der Waals surface area contributed by atoms with Crippen molar-refractivity contribution in [1.82, 2.24) is 4.98 Å². The molecule has 20 heavy (non-hydrogen) atoms. The smallest absolute Gasteiger partial charge is 0.416 e. The molecule has 1 amide bonds. The summed E-state index contributed by atoms with van der Waals surface area (Å²) in [6, 6.07) is 7.18. The molecule has 0 spiro atoms. The normalized spacial score (nSPS) is 11.2. The third-order valence-corrected chi connectivity index (χ3v) is 2.39. The van der Waals surface area contributed by atoms with Crippen LogP contribution in [-0.4, -0.2) is 10.9 Å². The molecule has 4 nitrogen and oxygen atoms in total. The van der Waals surface area contributed by atoms with E-state index in [4.69, 9.17) is 10.5 Å². The standard InChI is InChI=1S/C13H9F3N2O2/c14-13(15,16)8-3-1-4-9(7-8)20-10-5-2-6-18-11(10)12(17)19/h1-7H,(H2,17,19). The number of alkyl halides is 3. The predicted octanol–water partition coefficient (Wildman–Crippen LogP) is 2.99. The van der Waals surface area contributed by atoms with Gasteiger partial charge in [-0.2, -0.15) is 13.2 Å². The summed E-state index contributed by atoms with van der Waals surface area (Å²) < 4.78 is 43.0. The van der Waals surface area contributed by atoms with Gasteiger partial charge in [0, 0.05) is 6.20 Å². The topological polar surface area (TPSA) is 65.2 Å². The van der Waals surface area contributed by atoms with Crippen LogP contribution in [0.5, 0.6) is 11.5 Å². The number of hydrogen-bond donors (Lipinski definition) is 1. The Morgan fingerprint density at radius 1 is 1.20 bits per heavy atom. The number of halogens is 3. The molecule has 7 heteroatoms. The summed E-state index contributed by atoms with van der Waals surface area (Å²) in [6.07, 6.45) is -3.14. The van der Waals surface area contributed by atoms with Gasteiger partial charge in [-0.1, -0.05) is 6.07 Å². The van der Waals surface area contributed by atoms with Crippen molar-refractivity contribution in [3.05, 3.63) is 53.9 Å². The van der Waals surface area contributed by atoms with E-state index in [9.17, 15) is 18.0 Å². The van der Waals surface area contributed by atoms with Gasteiger partial charge in [-0.15, -0.1) is 0 Å². The Morgan fingerprint density at radius 2 is 1.95 bits per heavy atom. The lowest BCUT2D eigenvalue weighted by atomic mass is 10.2. The van der Waals surface area contributed by atoms with E-state index in [1.54, 1.807) is 0 Å². The van der Waals surface area contributed by atoms with Crippen molar-refractivity contribution in [2.75, 3.05) is 0 Å². The fourth-order valence-corrected chi connectivity index (χ4v) is 1.52. The average Bonchev–Trinajstić information content (AvgIpc) is 2.38. The van der Waals surface area contributed by atoms with E-state index in [0.717, 1.165) is 12.1 Å². The van der Waals surface area contributed by atoms with Gasteiger partial charge in [0.1, 0.15) is 5.75 Å². The molecule has 0 aliphatic heterocycles. The summed E-state index contributed by atoms with van der Waals surface area (Å²) in [5, 5.41) is 0. The minimum absolute atomic E-state index is 0.000625. The van der Waals surface area contributed by atoms with Gasteiger partial charge in [0.2, 0.25) is 0 Å². The largest absolute Gasteiger partial charge is 0.455 e. The maximum Gasteiger partial charge on any atom is 0.416 e. The van der Waals surface area contributed by atoms with Crippen molar-refractivity contribution in [3.8, 4) is 11.5 Å². The zero-order chi connectivity index (χ0) is 14.8. The number of carbonyl (C=O) groups excluding carboxylic acids is 1. The molecule has 0 fully saturated rings. The Kier molecular flexibility index (Phi) is 3.60. The first kappa shape index (κ1) is 13.9. The van der Waals surface area contributed by atoms with Crippen LogP contribution in [0.25, 0.3) is 0 Å². The second-order valence-electron chi connectivity index (χ2n) is 3.84. The van der Waals surface area contributed by atoms with E-state index in [2.05, 4.69) is 4.98 Å². The van der Waals surface area contributed by atoms with Crippen molar-refractivity contribution < 1.29 is 22.7 Å². The molecular weight excluding hydrogens is 273 g/mol. The molecule has 0 atom stereocenters. The molecule has 104 valence electrons. The highest BCUT2D eigenvalue weighted by atomic mass is 19.4. The second-order valence-corrected chi connectivity index (χ2v) is 3.84. The molecular formula is C13H9F3N2O2. The van der Waals surface area contributed by atoms with Crippen LogP contribution in [0.4, 0.5) is 13.2 Å². The van der Waals surface area contributed by atoms with Gasteiger partial charge < -0.3 is 10.5 Å². The van der Waals surface area contributed by atoms with Crippen LogP contribution in [0.15, 0.2) is 42.6 Å². The quantitative estimate of drug-likeness (QED) is 0.941.